The minimum absolute atomic E-state index is 0.221. The number of nitrogens with zero attached hydrogens (tertiary/aromatic N) is 1. The highest BCUT2D eigenvalue weighted by molar-refractivity contribution is 5.97. The van der Waals surface area contributed by atoms with E-state index in [0.29, 0.717) is 0 Å². The van der Waals surface area contributed by atoms with Gasteiger partial charge >= 0.3 is 5.97 Å². The fourth-order valence-electron chi connectivity index (χ4n) is 2.90. The van der Waals surface area contributed by atoms with Crippen LogP contribution in [0, 0.1) is 0 Å². The zero-order chi connectivity index (χ0) is 16.4. The minimum atomic E-state index is -0.929. The van der Waals surface area contributed by atoms with Crippen LogP contribution < -0.4 is 0 Å². The molecule has 0 radical (unpaired) electrons. The Kier molecular flexibility index (Phi) is 4.91. The molecule has 1 atom stereocenters. The number of aryl methyl sites for hydroxylation is 1. The van der Waals surface area contributed by atoms with Gasteiger partial charge in [-0.05, 0) is 37.0 Å². The van der Waals surface area contributed by atoms with Crippen molar-refractivity contribution in [2.45, 2.75) is 59.1 Å². The molecule has 0 amide bonds. The fraction of sp³-hybridized carbons (Fsp3) is 0.500. The Bertz CT molecular complexity index is 683. The number of aliphatic hydroxyl groups is 1. The van der Waals surface area contributed by atoms with Crippen molar-refractivity contribution < 1.29 is 15.0 Å². The normalized spacial score (nSPS) is 13.0. The molecule has 0 saturated heterocycles. The summed E-state index contributed by atoms with van der Waals surface area (Å²) < 4.78 is 2.17. The van der Waals surface area contributed by atoms with Gasteiger partial charge in [0.25, 0.3) is 0 Å². The first-order valence-corrected chi connectivity index (χ1v) is 7.94. The highest BCUT2D eigenvalue weighted by atomic mass is 16.4. The van der Waals surface area contributed by atoms with Crippen molar-refractivity contribution in [1.29, 1.82) is 0 Å². The summed E-state index contributed by atoms with van der Waals surface area (Å²) in [6.07, 6.45) is 3.51. The van der Waals surface area contributed by atoms with Crippen molar-refractivity contribution in [2.75, 3.05) is 0 Å². The van der Waals surface area contributed by atoms with E-state index in [-0.39, 0.29) is 11.5 Å². The first kappa shape index (κ1) is 16.6. The van der Waals surface area contributed by atoms with Gasteiger partial charge in [-0.15, -0.1) is 0 Å². The molecular weight excluding hydrogens is 278 g/mol. The van der Waals surface area contributed by atoms with E-state index in [2.05, 4.69) is 25.3 Å². The third kappa shape index (κ3) is 3.02. The van der Waals surface area contributed by atoms with Gasteiger partial charge < -0.3 is 14.8 Å². The van der Waals surface area contributed by atoms with Crippen LogP contribution in [-0.2, 0) is 6.54 Å². The van der Waals surface area contributed by atoms with Crippen LogP contribution in [0.2, 0.25) is 0 Å². The Balaban J connectivity index is 2.79. The van der Waals surface area contributed by atoms with Gasteiger partial charge in [0.15, 0.2) is 0 Å². The van der Waals surface area contributed by atoms with Crippen molar-refractivity contribution in [3.05, 3.63) is 35.0 Å². The van der Waals surface area contributed by atoms with Gasteiger partial charge in [0.1, 0.15) is 0 Å². The Morgan fingerprint density at radius 3 is 2.41 bits per heavy atom. The highest BCUT2D eigenvalue weighted by Crippen LogP contribution is 2.34. The van der Waals surface area contributed by atoms with E-state index in [1.54, 1.807) is 19.1 Å². The number of aliphatic hydroxyl groups excluding tert-OH is 1. The molecule has 0 spiro atoms. The van der Waals surface area contributed by atoms with Crippen LogP contribution in [0.4, 0.5) is 0 Å². The molecule has 0 aliphatic rings. The number of fused-ring (bicyclic) bond motifs is 1. The topological polar surface area (TPSA) is 62.5 Å². The van der Waals surface area contributed by atoms with Crippen molar-refractivity contribution in [2.24, 2.45) is 0 Å². The second-order valence-corrected chi connectivity index (χ2v) is 6.23. The van der Waals surface area contributed by atoms with Gasteiger partial charge in [-0.3, -0.25) is 0 Å². The number of aromatic nitrogens is 1. The Morgan fingerprint density at radius 2 is 1.91 bits per heavy atom. The third-order valence-corrected chi connectivity index (χ3v) is 4.10. The maximum absolute atomic E-state index is 11.4. The van der Waals surface area contributed by atoms with Crippen molar-refractivity contribution in [3.63, 3.8) is 0 Å². The molecule has 1 aromatic carbocycles. The van der Waals surface area contributed by atoms with E-state index in [4.69, 9.17) is 0 Å². The summed E-state index contributed by atoms with van der Waals surface area (Å²) in [6, 6.07) is 3.46. The summed E-state index contributed by atoms with van der Waals surface area (Å²) in [6.45, 7) is 8.89. The monoisotopic (exact) mass is 303 g/mol. The second kappa shape index (κ2) is 6.53. The number of aromatic carboxylic acids is 1. The highest BCUT2D eigenvalue weighted by Gasteiger charge is 2.19. The number of carbonyl (C=O) groups is 1. The molecule has 22 heavy (non-hydrogen) atoms. The number of hydrogen-bond acceptors (Lipinski definition) is 2. The standard InChI is InChI=1S/C18H25NO3/c1-5-6-7-19-10-16(12(4)20)15-9-13(18(21)22)8-14(11(2)3)17(15)19/h8-12,20H,5-7H2,1-4H3,(H,21,22). The average Bonchev–Trinajstić information content (AvgIpc) is 2.82. The molecule has 1 unspecified atom stereocenters. The number of benzene rings is 1. The average molecular weight is 303 g/mol. The zero-order valence-electron chi connectivity index (χ0n) is 13.8. The fourth-order valence-corrected chi connectivity index (χ4v) is 2.90. The molecule has 4 heteroatoms. The lowest BCUT2D eigenvalue weighted by Gasteiger charge is -2.13. The Morgan fingerprint density at radius 1 is 1.23 bits per heavy atom. The molecule has 0 saturated carbocycles. The molecule has 2 aromatic rings. The number of carboxylic acid groups (broad SMARTS) is 1. The number of rotatable bonds is 6. The SMILES string of the molecule is CCCCn1cc(C(C)O)c2cc(C(=O)O)cc(C(C)C)c21. The summed E-state index contributed by atoms with van der Waals surface area (Å²) in [5.41, 5.74) is 3.17. The molecule has 1 heterocycles. The Hall–Kier alpha value is -1.81. The summed E-state index contributed by atoms with van der Waals surface area (Å²) >= 11 is 0. The summed E-state index contributed by atoms with van der Waals surface area (Å²) in [7, 11) is 0. The molecule has 120 valence electrons. The maximum atomic E-state index is 11.4. The Labute approximate surface area is 131 Å². The van der Waals surface area contributed by atoms with Crippen molar-refractivity contribution in [3.8, 4) is 0 Å². The molecule has 4 nitrogen and oxygen atoms in total. The van der Waals surface area contributed by atoms with E-state index in [1.165, 1.54) is 0 Å². The summed E-state index contributed by atoms with van der Waals surface area (Å²) in [5, 5.41) is 20.3. The van der Waals surface area contributed by atoms with Crippen molar-refractivity contribution in [1.82, 2.24) is 4.57 Å². The van der Waals surface area contributed by atoms with Crippen LogP contribution in [0.3, 0.4) is 0 Å². The molecule has 2 rings (SSSR count). The molecule has 0 aliphatic heterocycles. The first-order valence-electron chi connectivity index (χ1n) is 7.94. The molecule has 1 aromatic heterocycles. The predicted octanol–water partition coefficient (Wildman–Crippen LogP) is 4.32. The lowest BCUT2D eigenvalue weighted by atomic mass is 9.95. The van der Waals surface area contributed by atoms with Crippen LogP contribution in [0.1, 0.15) is 74.0 Å². The van der Waals surface area contributed by atoms with Crippen LogP contribution in [0.5, 0.6) is 0 Å². The summed E-state index contributed by atoms with van der Waals surface area (Å²) in [5.74, 6) is -0.708. The van der Waals surface area contributed by atoms with Gasteiger partial charge in [-0.25, -0.2) is 4.79 Å². The third-order valence-electron chi connectivity index (χ3n) is 4.10. The van der Waals surface area contributed by atoms with Gasteiger partial charge in [0, 0.05) is 23.7 Å². The van der Waals surface area contributed by atoms with Crippen LogP contribution >= 0.6 is 0 Å². The van der Waals surface area contributed by atoms with Gasteiger partial charge in [0.2, 0.25) is 0 Å². The zero-order valence-corrected chi connectivity index (χ0v) is 13.8. The van der Waals surface area contributed by atoms with Crippen LogP contribution in [0.25, 0.3) is 10.9 Å². The second-order valence-electron chi connectivity index (χ2n) is 6.23. The molecule has 0 bridgehead atoms. The molecule has 0 fully saturated rings. The molecular formula is C18H25NO3. The smallest absolute Gasteiger partial charge is 0.335 e. The van der Waals surface area contributed by atoms with Crippen LogP contribution in [-0.4, -0.2) is 20.7 Å². The van der Waals surface area contributed by atoms with Gasteiger partial charge in [0.05, 0.1) is 17.2 Å². The van der Waals surface area contributed by atoms with E-state index >= 15 is 0 Å². The lowest BCUT2D eigenvalue weighted by Crippen LogP contribution is -2.03. The van der Waals surface area contributed by atoms with E-state index in [9.17, 15) is 15.0 Å². The van der Waals surface area contributed by atoms with Gasteiger partial charge in [-0.2, -0.15) is 0 Å². The quantitative estimate of drug-likeness (QED) is 0.835. The predicted molar refractivity (Wildman–Crippen MR) is 88.5 cm³/mol. The maximum Gasteiger partial charge on any atom is 0.335 e. The van der Waals surface area contributed by atoms with Crippen molar-refractivity contribution >= 4 is 16.9 Å². The number of unbranched alkanes of at least 4 members (excludes halogenated alkanes) is 1. The molecule has 0 aliphatic carbocycles. The number of hydrogen-bond donors (Lipinski definition) is 2. The van der Waals surface area contributed by atoms with Gasteiger partial charge in [-0.1, -0.05) is 27.2 Å². The summed E-state index contributed by atoms with van der Waals surface area (Å²) in [4.78, 5) is 11.4. The number of carboxylic acids is 1. The van der Waals surface area contributed by atoms with E-state index in [1.807, 2.05) is 6.20 Å². The van der Waals surface area contributed by atoms with E-state index in [0.717, 1.165) is 41.4 Å². The molecule has 2 N–H and O–H groups in total. The van der Waals surface area contributed by atoms with Crippen LogP contribution in [0.15, 0.2) is 18.3 Å². The lowest BCUT2D eigenvalue weighted by molar-refractivity contribution is 0.0697. The van der Waals surface area contributed by atoms with E-state index < -0.39 is 12.1 Å². The minimum Gasteiger partial charge on any atom is -0.478 e. The first-order chi connectivity index (χ1) is 10.4. The largest absolute Gasteiger partial charge is 0.478 e.